The van der Waals surface area contributed by atoms with E-state index in [-0.39, 0.29) is 6.54 Å². The summed E-state index contributed by atoms with van der Waals surface area (Å²) in [6.07, 6.45) is -3.60. The fourth-order valence-corrected chi connectivity index (χ4v) is 2.75. The highest BCUT2D eigenvalue weighted by Crippen LogP contribution is 2.22. The van der Waals surface area contributed by atoms with E-state index in [0.717, 1.165) is 16.2 Å². The van der Waals surface area contributed by atoms with E-state index >= 15 is 0 Å². The van der Waals surface area contributed by atoms with Crippen LogP contribution in [0, 0.1) is 0 Å². The van der Waals surface area contributed by atoms with Gasteiger partial charge in [0.1, 0.15) is 6.54 Å². The number of alkyl halides is 4. The van der Waals surface area contributed by atoms with E-state index in [1.54, 1.807) is 12.1 Å². The number of aryl methyl sites for hydroxylation is 1. The van der Waals surface area contributed by atoms with Crippen LogP contribution in [0.2, 0.25) is 0 Å². The van der Waals surface area contributed by atoms with Crippen LogP contribution in [0.3, 0.4) is 0 Å². The summed E-state index contributed by atoms with van der Waals surface area (Å²) < 4.78 is 37.1. The zero-order valence-electron chi connectivity index (χ0n) is 9.76. The van der Waals surface area contributed by atoms with Gasteiger partial charge in [0.05, 0.1) is 4.88 Å². The van der Waals surface area contributed by atoms with Crippen LogP contribution < -0.4 is 0 Å². The molecule has 2 nitrogen and oxygen atoms in total. The molecule has 0 aliphatic rings. The van der Waals surface area contributed by atoms with Crippen LogP contribution in [0.25, 0.3) is 0 Å². The smallest absolute Gasteiger partial charge is 0.328 e. The molecule has 0 aliphatic heterocycles. The minimum Gasteiger partial charge on any atom is -0.328 e. The largest absolute Gasteiger partial charge is 0.406 e. The van der Waals surface area contributed by atoms with Crippen LogP contribution in [0.1, 0.15) is 21.5 Å². The summed E-state index contributed by atoms with van der Waals surface area (Å²) in [6.45, 7) is 0.764. The first-order valence-corrected chi connectivity index (χ1v) is 7.32. The third-order valence-electron chi connectivity index (χ3n) is 2.23. The fourth-order valence-electron chi connectivity index (χ4n) is 1.41. The standard InChI is InChI=1S/C11H13BrF3NOS/c1-2-8-3-4-9(18-8)10(17)16(6-5-12)7-11(13,14)15/h3-4H,2,5-7H2,1H3. The second-order valence-electron chi connectivity index (χ2n) is 3.65. The van der Waals surface area contributed by atoms with Gasteiger partial charge in [-0.05, 0) is 18.6 Å². The molecule has 1 heterocycles. The number of amides is 1. The predicted molar refractivity (Wildman–Crippen MR) is 69.4 cm³/mol. The molecule has 0 spiro atoms. The number of halogens is 4. The molecular formula is C11H13BrF3NOS. The maximum atomic E-state index is 12.4. The third kappa shape index (κ3) is 4.61. The number of thiophene rings is 1. The maximum absolute atomic E-state index is 12.4. The summed E-state index contributed by atoms with van der Waals surface area (Å²) in [5, 5.41) is 0.320. The minimum atomic E-state index is -4.37. The van der Waals surface area contributed by atoms with Gasteiger partial charge in [-0.1, -0.05) is 22.9 Å². The van der Waals surface area contributed by atoms with Gasteiger partial charge in [0.25, 0.3) is 5.91 Å². The van der Waals surface area contributed by atoms with Crippen molar-refractivity contribution in [3.05, 3.63) is 21.9 Å². The second kappa shape index (κ2) is 6.56. The van der Waals surface area contributed by atoms with E-state index in [1.165, 1.54) is 11.3 Å². The van der Waals surface area contributed by atoms with Crippen molar-refractivity contribution in [2.24, 2.45) is 0 Å². The first kappa shape index (κ1) is 15.5. The van der Waals surface area contributed by atoms with Gasteiger partial charge >= 0.3 is 6.18 Å². The third-order valence-corrected chi connectivity index (χ3v) is 3.80. The Morgan fingerprint density at radius 1 is 1.44 bits per heavy atom. The van der Waals surface area contributed by atoms with Crippen molar-refractivity contribution in [3.8, 4) is 0 Å². The molecule has 1 aromatic heterocycles. The van der Waals surface area contributed by atoms with Crippen molar-refractivity contribution >= 4 is 33.2 Å². The molecule has 0 aromatic carbocycles. The Morgan fingerprint density at radius 3 is 2.56 bits per heavy atom. The van der Waals surface area contributed by atoms with Gasteiger partial charge in [0.15, 0.2) is 0 Å². The Kier molecular flexibility index (Phi) is 5.65. The van der Waals surface area contributed by atoms with Gasteiger partial charge < -0.3 is 4.90 Å². The van der Waals surface area contributed by atoms with Gasteiger partial charge in [-0.2, -0.15) is 13.2 Å². The summed E-state index contributed by atoms with van der Waals surface area (Å²) in [7, 11) is 0. The van der Waals surface area contributed by atoms with Crippen molar-refractivity contribution in [2.45, 2.75) is 19.5 Å². The lowest BCUT2D eigenvalue weighted by Gasteiger charge is -2.22. The Hall–Kier alpha value is -0.560. The van der Waals surface area contributed by atoms with Crippen LogP contribution in [0.4, 0.5) is 13.2 Å². The molecule has 7 heteroatoms. The van der Waals surface area contributed by atoms with E-state index in [1.807, 2.05) is 6.92 Å². The van der Waals surface area contributed by atoms with E-state index in [4.69, 9.17) is 0 Å². The fraction of sp³-hybridized carbons (Fsp3) is 0.545. The van der Waals surface area contributed by atoms with E-state index in [0.29, 0.717) is 10.2 Å². The van der Waals surface area contributed by atoms with Gasteiger partial charge in [-0.3, -0.25) is 4.79 Å². The lowest BCUT2D eigenvalue weighted by Crippen LogP contribution is -2.39. The summed E-state index contributed by atoms with van der Waals surface area (Å²) >= 11 is 4.31. The first-order valence-electron chi connectivity index (χ1n) is 5.38. The molecule has 1 rings (SSSR count). The number of nitrogens with zero attached hydrogens (tertiary/aromatic N) is 1. The maximum Gasteiger partial charge on any atom is 0.406 e. The molecule has 0 saturated carbocycles. The van der Waals surface area contributed by atoms with E-state index in [9.17, 15) is 18.0 Å². The highest BCUT2D eigenvalue weighted by molar-refractivity contribution is 9.09. The molecule has 102 valence electrons. The van der Waals surface area contributed by atoms with Gasteiger partial charge in [0, 0.05) is 16.8 Å². The average Bonchev–Trinajstić information content (AvgIpc) is 2.74. The number of hydrogen-bond donors (Lipinski definition) is 0. The molecule has 0 radical (unpaired) electrons. The summed E-state index contributed by atoms with van der Waals surface area (Å²) in [6, 6.07) is 3.36. The van der Waals surface area contributed by atoms with Crippen molar-refractivity contribution in [1.82, 2.24) is 4.90 Å². The second-order valence-corrected chi connectivity index (χ2v) is 5.61. The minimum absolute atomic E-state index is 0.0394. The molecule has 0 aliphatic carbocycles. The summed E-state index contributed by atoms with van der Waals surface area (Å²) in [5.41, 5.74) is 0. The number of rotatable bonds is 5. The van der Waals surface area contributed by atoms with Crippen LogP contribution >= 0.6 is 27.3 Å². The van der Waals surface area contributed by atoms with Gasteiger partial charge in [-0.15, -0.1) is 11.3 Å². The number of carbonyl (C=O) groups excluding carboxylic acids is 1. The zero-order chi connectivity index (χ0) is 13.8. The normalized spacial score (nSPS) is 11.6. The Bertz CT molecular complexity index is 405. The SMILES string of the molecule is CCc1ccc(C(=O)N(CCBr)CC(F)(F)F)s1. The Balaban J connectivity index is 2.81. The van der Waals surface area contributed by atoms with Crippen molar-refractivity contribution in [3.63, 3.8) is 0 Å². The quantitative estimate of drug-likeness (QED) is 0.746. The molecule has 0 saturated heterocycles. The number of hydrogen-bond acceptors (Lipinski definition) is 2. The van der Waals surface area contributed by atoms with E-state index < -0.39 is 18.6 Å². The Labute approximate surface area is 116 Å². The molecule has 0 N–H and O–H groups in total. The molecule has 1 aromatic rings. The van der Waals surface area contributed by atoms with Crippen LogP contribution in [0.5, 0.6) is 0 Å². The lowest BCUT2D eigenvalue weighted by atomic mass is 10.3. The predicted octanol–water partition coefficient (Wildman–Crippen LogP) is 3.71. The van der Waals surface area contributed by atoms with Crippen molar-refractivity contribution in [1.29, 1.82) is 0 Å². The lowest BCUT2D eigenvalue weighted by molar-refractivity contribution is -0.140. The topological polar surface area (TPSA) is 20.3 Å². The molecule has 0 fully saturated rings. The zero-order valence-corrected chi connectivity index (χ0v) is 12.2. The van der Waals surface area contributed by atoms with Crippen LogP contribution in [-0.4, -0.2) is 35.4 Å². The summed E-state index contributed by atoms with van der Waals surface area (Å²) in [4.78, 5) is 14.1. The van der Waals surface area contributed by atoms with Crippen LogP contribution in [-0.2, 0) is 6.42 Å². The monoisotopic (exact) mass is 343 g/mol. The van der Waals surface area contributed by atoms with Crippen molar-refractivity contribution < 1.29 is 18.0 Å². The first-order chi connectivity index (χ1) is 8.37. The van der Waals surface area contributed by atoms with Crippen LogP contribution in [0.15, 0.2) is 12.1 Å². The molecule has 0 atom stereocenters. The molecule has 0 unspecified atom stereocenters. The highest BCUT2D eigenvalue weighted by Gasteiger charge is 2.33. The molecule has 1 amide bonds. The van der Waals surface area contributed by atoms with Gasteiger partial charge in [-0.25, -0.2) is 0 Å². The Morgan fingerprint density at radius 2 is 2.11 bits per heavy atom. The van der Waals surface area contributed by atoms with Crippen molar-refractivity contribution in [2.75, 3.05) is 18.4 Å². The molecular weight excluding hydrogens is 331 g/mol. The summed E-state index contributed by atoms with van der Waals surface area (Å²) in [5.74, 6) is -0.559. The van der Waals surface area contributed by atoms with Gasteiger partial charge in [0.2, 0.25) is 0 Å². The molecule has 18 heavy (non-hydrogen) atoms. The average molecular weight is 344 g/mol. The highest BCUT2D eigenvalue weighted by atomic mass is 79.9. The number of carbonyl (C=O) groups is 1. The van der Waals surface area contributed by atoms with E-state index in [2.05, 4.69) is 15.9 Å². The molecule has 0 bridgehead atoms.